The molecule has 0 radical (unpaired) electrons. The van der Waals surface area contributed by atoms with Crippen LogP contribution in [0.4, 0.5) is 0 Å². The Hall–Kier alpha value is -0.540. The number of likely N-dealkylation sites (tertiary alicyclic amines) is 1. The summed E-state index contributed by atoms with van der Waals surface area (Å²) < 4.78 is 0. The third-order valence-corrected chi connectivity index (χ3v) is 3.86. The number of hydrogen-bond donors (Lipinski definition) is 1. The van der Waals surface area contributed by atoms with Gasteiger partial charge in [-0.25, -0.2) is 0 Å². The van der Waals surface area contributed by atoms with Crippen molar-refractivity contribution in [1.82, 2.24) is 4.90 Å². The van der Waals surface area contributed by atoms with E-state index >= 15 is 0 Å². The van der Waals surface area contributed by atoms with Gasteiger partial charge < -0.3 is 5.73 Å². The van der Waals surface area contributed by atoms with Gasteiger partial charge in [0.1, 0.15) is 0 Å². The van der Waals surface area contributed by atoms with Gasteiger partial charge in [0.2, 0.25) is 0 Å². The van der Waals surface area contributed by atoms with Crippen molar-refractivity contribution >= 4 is 18.2 Å². The van der Waals surface area contributed by atoms with Gasteiger partial charge in [0, 0.05) is 24.2 Å². The van der Waals surface area contributed by atoms with Crippen molar-refractivity contribution in [2.75, 3.05) is 19.6 Å². The summed E-state index contributed by atoms with van der Waals surface area (Å²) in [6, 6.07) is 0. The first kappa shape index (κ1) is 15.5. The van der Waals surface area contributed by atoms with Gasteiger partial charge in [-0.1, -0.05) is 20.3 Å². The second-order valence-corrected chi connectivity index (χ2v) is 6.28. The molecule has 1 aliphatic heterocycles. The smallest absolute Gasteiger partial charge is 0.162 e. The van der Waals surface area contributed by atoms with E-state index in [9.17, 15) is 4.79 Å². The van der Waals surface area contributed by atoms with Gasteiger partial charge in [0.05, 0.1) is 0 Å². The number of carbonyl (C=O) groups is 1. The first-order valence-corrected chi connectivity index (χ1v) is 6.71. The maximum Gasteiger partial charge on any atom is 0.162 e. The zero-order chi connectivity index (χ0) is 12.5. The van der Waals surface area contributed by atoms with Crippen LogP contribution in [0.1, 0.15) is 46.0 Å². The minimum absolute atomic E-state index is 0. The Balaban J connectivity index is 0.00000162. The van der Waals surface area contributed by atoms with Crippen molar-refractivity contribution in [3.63, 3.8) is 0 Å². The number of hydrogen-bond acceptors (Lipinski definition) is 3. The molecule has 18 heavy (non-hydrogen) atoms. The molecule has 0 bridgehead atoms. The average molecular weight is 273 g/mol. The summed E-state index contributed by atoms with van der Waals surface area (Å²) >= 11 is 0. The largest absolute Gasteiger partial charge is 0.402 e. The lowest BCUT2D eigenvalue weighted by Crippen LogP contribution is -2.37. The molecule has 2 N–H and O–H groups in total. The third-order valence-electron chi connectivity index (χ3n) is 3.86. The van der Waals surface area contributed by atoms with E-state index < -0.39 is 0 Å². The number of nitrogens with zero attached hydrogens (tertiary/aromatic N) is 1. The van der Waals surface area contributed by atoms with Crippen LogP contribution in [0.15, 0.2) is 11.3 Å². The quantitative estimate of drug-likeness (QED) is 0.840. The van der Waals surface area contributed by atoms with Crippen LogP contribution in [0.2, 0.25) is 0 Å². The Morgan fingerprint density at radius 2 is 1.78 bits per heavy atom. The van der Waals surface area contributed by atoms with Crippen molar-refractivity contribution in [2.45, 2.75) is 46.0 Å². The van der Waals surface area contributed by atoms with Gasteiger partial charge in [-0.05, 0) is 37.8 Å². The zero-order valence-corrected chi connectivity index (χ0v) is 12.3. The summed E-state index contributed by atoms with van der Waals surface area (Å²) in [4.78, 5) is 14.5. The fourth-order valence-corrected chi connectivity index (χ4v) is 2.94. The van der Waals surface area contributed by atoms with E-state index in [-0.39, 0.29) is 23.6 Å². The van der Waals surface area contributed by atoms with E-state index in [0.29, 0.717) is 6.42 Å². The summed E-state index contributed by atoms with van der Waals surface area (Å²) in [5, 5.41) is 0. The highest BCUT2D eigenvalue weighted by Crippen LogP contribution is 2.35. The molecule has 1 fully saturated rings. The molecular formula is C14H25ClN2O. The number of carbonyl (C=O) groups excluding carboxylic acids is 1. The van der Waals surface area contributed by atoms with Gasteiger partial charge in [0.25, 0.3) is 0 Å². The van der Waals surface area contributed by atoms with Gasteiger partial charge >= 0.3 is 0 Å². The predicted octanol–water partition coefficient (Wildman–Crippen LogP) is 2.50. The zero-order valence-electron chi connectivity index (χ0n) is 11.5. The Labute approximate surface area is 116 Å². The van der Waals surface area contributed by atoms with E-state index in [1.165, 1.54) is 19.3 Å². The normalized spacial score (nSPS) is 24.9. The Bertz CT molecular complexity index is 344. The van der Waals surface area contributed by atoms with E-state index in [1.807, 2.05) is 0 Å². The molecule has 0 aromatic carbocycles. The van der Waals surface area contributed by atoms with Crippen molar-refractivity contribution in [2.24, 2.45) is 11.1 Å². The van der Waals surface area contributed by atoms with E-state index in [0.717, 1.165) is 37.3 Å². The lowest BCUT2D eigenvalue weighted by Gasteiger charge is -2.33. The van der Waals surface area contributed by atoms with Gasteiger partial charge in [-0.3, -0.25) is 9.69 Å². The van der Waals surface area contributed by atoms with E-state index in [1.54, 1.807) is 0 Å². The molecule has 0 amide bonds. The van der Waals surface area contributed by atoms with Gasteiger partial charge in [0.15, 0.2) is 5.78 Å². The first-order valence-electron chi connectivity index (χ1n) is 6.71. The monoisotopic (exact) mass is 272 g/mol. The number of nitrogens with two attached hydrogens (primary N) is 1. The predicted molar refractivity (Wildman–Crippen MR) is 76.8 cm³/mol. The number of halogens is 1. The third kappa shape index (κ3) is 3.72. The Morgan fingerprint density at radius 3 is 2.33 bits per heavy atom. The highest BCUT2D eigenvalue weighted by Gasteiger charge is 2.32. The number of rotatable bonds is 2. The molecule has 0 aromatic heterocycles. The van der Waals surface area contributed by atoms with E-state index in [4.69, 9.17) is 5.73 Å². The van der Waals surface area contributed by atoms with Crippen LogP contribution in [0.5, 0.6) is 0 Å². The number of piperidine rings is 1. The van der Waals surface area contributed by atoms with Crippen molar-refractivity contribution in [1.29, 1.82) is 0 Å². The second kappa shape index (κ2) is 6.07. The fourth-order valence-electron chi connectivity index (χ4n) is 2.94. The Kier molecular flexibility index (Phi) is 5.23. The molecule has 2 rings (SSSR count). The molecule has 2 aliphatic rings. The van der Waals surface area contributed by atoms with E-state index in [2.05, 4.69) is 18.7 Å². The maximum atomic E-state index is 12.1. The molecule has 3 nitrogen and oxygen atoms in total. The summed E-state index contributed by atoms with van der Waals surface area (Å²) in [7, 11) is 0. The van der Waals surface area contributed by atoms with Gasteiger partial charge in [-0.2, -0.15) is 0 Å². The minimum atomic E-state index is 0. The van der Waals surface area contributed by atoms with Crippen molar-refractivity contribution < 1.29 is 4.79 Å². The summed E-state index contributed by atoms with van der Waals surface area (Å²) in [6.07, 6.45) is 5.35. The molecule has 1 saturated heterocycles. The lowest BCUT2D eigenvalue weighted by molar-refractivity contribution is -0.118. The van der Waals surface area contributed by atoms with Crippen molar-refractivity contribution in [3.05, 3.63) is 11.3 Å². The molecule has 104 valence electrons. The van der Waals surface area contributed by atoms with Crippen LogP contribution in [0.25, 0.3) is 0 Å². The Morgan fingerprint density at radius 1 is 1.17 bits per heavy atom. The van der Waals surface area contributed by atoms with Crippen LogP contribution in [-0.4, -0.2) is 30.3 Å². The molecule has 0 unspecified atom stereocenters. The van der Waals surface area contributed by atoms with Gasteiger partial charge in [-0.15, -0.1) is 12.4 Å². The van der Waals surface area contributed by atoms with Crippen LogP contribution in [0.3, 0.4) is 0 Å². The maximum absolute atomic E-state index is 12.1. The molecular weight excluding hydrogens is 248 g/mol. The lowest BCUT2D eigenvalue weighted by atomic mass is 9.76. The average Bonchev–Trinajstić information content (AvgIpc) is 2.24. The molecule has 1 heterocycles. The molecule has 4 heteroatoms. The highest BCUT2D eigenvalue weighted by atomic mass is 35.5. The van der Waals surface area contributed by atoms with Crippen LogP contribution in [-0.2, 0) is 4.79 Å². The second-order valence-electron chi connectivity index (χ2n) is 6.28. The number of Topliss-reactive ketones (excluding diaryl/α,β-unsaturated/α-hetero) is 1. The number of allylic oxidation sites excluding steroid dienone is 1. The molecule has 1 aliphatic carbocycles. The SMILES string of the molecule is CC1(C)CC(=O)C(CN2CCCCC2)=C(N)C1.Cl. The molecule has 0 aromatic rings. The van der Waals surface area contributed by atoms with Crippen LogP contribution >= 0.6 is 12.4 Å². The molecule has 0 atom stereocenters. The van der Waals surface area contributed by atoms with Crippen molar-refractivity contribution in [3.8, 4) is 0 Å². The summed E-state index contributed by atoms with van der Waals surface area (Å²) in [6.45, 7) is 7.26. The fraction of sp³-hybridized carbons (Fsp3) is 0.786. The first-order chi connectivity index (χ1) is 7.98. The molecule has 0 saturated carbocycles. The van der Waals surface area contributed by atoms with Crippen LogP contribution in [0, 0.1) is 5.41 Å². The highest BCUT2D eigenvalue weighted by molar-refractivity contribution is 5.97. The standard InChI is InChI=1S/C14H24N2O.ClH/c1-14(2)8-12(15)11(13(17)9-14)10-16-6-4-3-5-7-16;/h3-10,15H2,1-2H3;1H. The summed E-state index contributed by atoms with van der Waals surface area (Å²) in [5.74, 6) is 0.268. The number of ketones is 1. The van der Waals surface area contributed by atoms with Crippen LogP contribution < -0.4 is 5.73 Å². The molecule has 0 spiro atoms. The minimum Gasteiger partial charge on any atom is -0.402 e. The topological polar surface area (TPSA) is 46.3 Å². The summed E-state index contributed by atoms with van der Waals surface area (Å²) in [5.41, 5.74) is 7.87.